The fourth-order valence-corrected chi connectivity index (χ4v) is 1.98. The van der Waals surface area contributed by atoms with Crippen LogP contribution in [-0.2, 0) is 16.6 Å². The quantitative estimate of drug-likeness (QED) is 0.612. The van der Waals surface area contributed by atoms with E-state index in [0.29, 0.717) is 5.82 Å². The maximum absolute atomic E-state index is 11.7. The van der Waals surface area contributed by atoms with Crippen molar-refractivity contribution in [2.24, 2.45) is 0 Å². The lowest BCUT2D eigenvalue weighted by Crippen LogP contribution is -2.24. The van der Waals surface area contributed by atoms with Crippen molar-refractivity contribution in [2.75, 3.05) is 0 Å². The molecule has 16 heavy (non-hydrogen) atoms. The summed E-state index contributed by atoms with van der Waals surface area (Å²) >= 11 is 0. The van der Waals surface area contributed by atoms with E-state index >= 15 is 0 Å². The molecule has 0 amide bonds. The molecule has 9 nitrogen and oxygen atoms in total. The van der Waals surface area contributed by atoms with Gasteiger partial charge in [-0.25, -0.2) is 18.1 Å². The molecular formula is C6H9N7O2S. The second-order valence-corrected chi connectivity index (χ2v) is 4.72. The number of aromatic nitrogens is 6. The van der Waals surface area contributed by atoms with Gasteiger partial charge in [0.25, 0.3) is 10.0 Å². The molecular weight excluding hydrogens is 234 g/mol. The number of rotatable bonds is 4. The number of aryl methyl sites for hydroxylation is 1. The van der Waals surface area contributed by atoms with Crippen molar-refractivity contribution in [1.82, 2.24) is 35.3 Å². The van der Waals surface area contributed by atoms with Crippen LogP contribution in [0.25, 0.3) is 0 Å². The lowest BCUT2D eigenvalue weighted by atomic mass is 10.7. The van der Waals surface area contributed by atoms with Gasteiger partial charge in [0.1, 0.15) is 5.82 Å². The van der Waals surface area contributed by atoms with Gasteiger partial charge in [-0.15, -0.1) is 10.2 Å². The number of nitrogens with one attached hydrogen (secondary N) is 3. The van der Waals surface area contributed by atoms with Crippen LogP contribution in [0.4, 0.5) is 0 Å². The molecule has 0 aromatic carbocycles. The predicted molar refractivity (Wildman–Crippen MR) is 51.5 cm³/mol. The molecule has 0 radical (unpaired) electrons. The summed E-state index contributed by atoms with van der Waals surface area (Å²) in [5, 5.41) is 12.8. The molecule has 10 heteroatoms. The lowest BCUT2D eigenvalue weighted by molar-refractivity contribution is 0.576. The molecule has 2 heterocycles. The van der Waals surface area contributed by atoms with Crippen LogP contribution in [0.5, 0.6) is 0 Å². The summed E-state index contributed by atoms with van der Waals surface area (Å²) in [6, 6.07) is 0. The zero-order valence-corrected chi connectivity index (χ0v) is 9.11. The highest BCUT2D eigenvalue weighted by Crippen LogP contribution is 2.04. The predicted octanol–water partition coefficient (Wildman–Crippen LogP) is -1.29. The summed E-state index contributed by atoms with van der Waals surface area (Å²) in [7, 11) is -3.61. The number of sulfonamides is 1. The van der Waals surface area contributed by atoms with Crippen molar-refractivity contribution < 1.29 is 8.42 Å². The number of aromatic amines is 2. The Hall–Kier alpha value is -1.81. The first-order chi connectivity index (χ1) is 7.58. The number of imidazole rings is 1. The highest BCUT2D eigenvalue weighted by atomic mass is 32.2. The van der Waals surface area contributed by atoms with Crippen molar-refractivity contribution in [2.45, 2.75) is 18.5 Å². The first kappa shape index (κ1) is 10.7. The molecule has 0 fully saturated rings. The van der Waals surface area contributed by atoms with Gasteiger partial charge in [-0.05, 0) is 6.92 Å². The SMILES string of the molecule is Cc1ncc(S(=O)(=O)NCc2nn[nH]n2)[nH]1. The molecule has 0 aliphatic heterocycles. The Kier molecular flexibility index (Phi) is 2.66. The fourth-order valence-electron chi connectivity index (χ4n) is 1.03. The second-order valence-electron chi connectivity index (χ2n) is 2.99. The molecule has 2 aromatic rings. The van der Waals surface area contributed by atoms with Gasteiger partial charge in [-0.3, -0.25) is 0 Å². The van der Waals surface area contributed by atoms with Gasteiger partial charge >= 0.3 is 0 Å². The van der Waals surface area contributed by atoms with Crippen molar-refractivity contribution in [3.8, 4) is 0 Å². The Balaban J connectivity index is 2.09. The van der Waals surface area contributed by atoms with Crippen molar-refractivity contribution in [1.29, 1.82) is 0 Å². The monoisotopic (exact) mass is 243 g/mol. The third kappa shape index (κ3) is 2.23. The van der Waals surface area contributed by atoms with Gasteiger partial charge in [0.2, 0.25) is 0 Å². The number of tetrazole rings is 1. The minimum atomic E-state index is -3.61. The first-order valence-electron chi connectivity index (χ1n) is 4.31. The summed E-state index contributed by atoms with van der Waals surface area (Å²) in [5.74, 6) is 0.791. The van der Waals surface area contributed by atoms with Crippen LogP contribution >= 0.6 is 0 Å². The topological polar surface area (TPSA) is 129 Å². The van der Waals surface area contributed by atoms with Gasteiger partial charge < -0.3 is 4.98 Å². The molecule has 0 saturated heterocycles. The molecule has 2 rings (SSSR count). The molecule has 2 aromatic heterocycles. The number of nitrogens with zero attached hydrogens (tertiary/aromatic N) is 4. The maximum Gasteiger partial charge on any atom is 0.258 e. The average Bonchev–Trinajstić information content (AvgIpc) is 2.85. The maximum atomic E-state index is 11.7. The molecule has 0 aliphatic rings. The first-order valence-corrected chi connectivity index (χ1v) is 5.80. The van der Waals surface area contributed by atoms with E-state index in [9.17, 15) is 8.42 Å². The molecule has 0 saturated carbocycles. The summed E-state index contributed by atoms with van der Waals surface area (Å²) in [6.07, 6.45) is 1.24. The number of hydrogen-bond acceptors (Lipinski definition) is 6. The average molecular weight is 243 g/mol. The molecule has 86 valence electrons. The molecule has 3 N–H and O–H groups in total. The van der Waals surface area contributed by atoms with Crippen LogP contribution < -0.4 is 4.72 Å². The van der Waals surface area contributed by atoms with Crippen LogP contribution in [0.2, 0.25) is 0 Å². The zero-order valence-electron chi connectivity index (χ0n) is 8.30. The Morgan fingerprint density at radius 3 is 2.88 bits per heavy atom. The highest BCUT2D eigenvalue weighted by molar-refractivity contribution is 7.89. The summed E-state index contributed by atoms with van der Waals surface area (Å²) < 4.78 is 25.7. The van der Waals surface area contributed by atoms with E-state index in [1.54, 1.807) is 6.92 Å². The minimum absolute atomic E-state index is 0.00787. The van der Waals surface area contributed by atoms with Crippen molar-refractivity contribution in [3.63, 3.8) is 0 Å². The third-order valence-corrected chi connectivity index (χ3v) is 3.09. The van der Waals surface area contributed by atoms with E-state index in [2.05, 4.69) is 35.3 Å². The lowest BCUT2D eigenvalue weighted by Gasteiger charge is -2.00. The fraction of sp³-hybridized carbons (Fsp3) is 0.333. The van der Waals surface area contributed by atoms with Crippen LogP contribution in [0.3, 0.4) is 0 Å². The van der Waals surface area contributed by atoms with Crippen molar-refractivity contribution >= 4 is 10.0 Å². The molecule has 0 aliphatic carbocycles. The third-order valence-electron chi connectivity index (χ3n) is 1.78. The van der Waals surface area contributed by atoms with Gasteiger partial charge in [0.15, 0.2) is 10.9 Å². The van der Waals surface area contributed by atoms with Crippen LogP contribution in [-0.4, -0.2) is 39.0 Å². The van der Waals surface area contributed by atoms with Gasteiger partial charge in [0, 0.05) is 0 Å². The van der Waals surface area contributed by atoms with Crippen molar-refractivity contribution in [3.05, 3.63) is 17.8 Å². The van der Waals surface area contributed by atoms with Gasteiger partial charge in [-0.1, -0.05) is 5.21 Å². The summed E-state index contributed by atoms with van der Waals surface area (Å²) in [4.78, 5) is 6.42. The molecule has 0 bridgehead atoms. The minimum Gasteiger partial charge on any atom is -0.332 e. The van der Waals surface area contributed by atoms with Crippen LogP contribution in [0, 0.1) is 6.92 Å². The molecule has 0 unspecified atom stereocenters. The Morgan fingerprint density at radius 2 is 2.31 bits per heavy atom. The normalized spacial score (nSPS) is 11.8. The summed E-state index contributed by atoms with van der Waals surface area (Å²) in [5.41, 5.74) is 0. The van der Waals surface area contributed by atoms with E-state index in [4.69, 9.17) is 0 Å². The second kappa shape index (κ2) is 3.98. The van der Waals surface area contributed by atoms with E-state index < -0.39 is 10.0 Å². The molecule has 0 spiro atoms. The standard InChI is InChI=1S/C6H9N7O2S/c1-4-7-3-6(9-4)16(14,15)8-2-5-10-12-13-11-5/h3,8H,2H2,1H3,(H,7,9)(H,10,11,12,13). The number of H-pyrrole nitrogens is 2. The van der Waals surface area contributed by atoms with E-state index in [0.717, 1.165) is 0 Å². The Morgan fingerprint density at radius 1 is 1.50 bits per heavy atom. The number of hydrogen-bond donors (Lipinski definition) is 3. The largest absolute Gasteiger partial charge is 0.332 e. The Labute approximate surface area is 90.7 Å². The zero-order chi connectivity index (χ0) is 11.6. The van der Waals surface area contributed by atoms with E-state index in [1.165, 1.54) is 6.20 Å². The van der Waals surface area contributed by atoms with E-state index in [-0.39, 0.29) is 17.4 Å². The van der Waals surface area contributed by atoms with Gasteiger partial charge in [0.05, 0.1) is 12.7 Å². The van der Waals surface area contributed by atoms with Crippen LogP contribution in [0.1, 0.15) is 11.6 Å². The Bertz CT molecular complexity index is 557. The van der Waals surface area contributed by atoms with Gasteiger partial charge in [-0.2, -0.15) is 5.21 Å². The summed E-state index contributed by atoms with van der Waals surface area (Å²) in [6.45, 7) is 1.63. The smallest absolute Gasteiger partial charge is 0.258 e. The van der Waals surface area contributed by atoms with E-state index in [1.807, 2.05) is 0 Å². The molecule has 0 atom stereocenters. The van der Waals surface area contributed by atoms with Crippen LogP contribution in [0.15, 0.2) is 11.2 Å². The highest BCUT2D eigenvalue weighted by Gasteiger charge is 2.16.